The van der Waals surface area contributed by atoms with Crippen molar-refractivity contribution in [2.24, 2.45) is 0 Å². The molecule has 0 bridgehead atoms. The van der Waals surface area contributed by atoms with Gasteiger partial charge in [0.1, 0.15) is 0 Å². The van der Waals surface area contributed by atoms with E-state index >= 15 is 0 Å². The molecule has 102 valence electrons. The molecule has 1 unspecified atom stereocenters. The lowest BCUT2D eigenvalue weighted by molar-refractivity contribution is 0.499. The Morgan fingerprint density at radius 2 is 2.00 bits per heavy atom. The van der Waals surface area contributed by atoms with Crippen LogP contribution in [0.15, 0.2) is 35.7 Å². The molecule has 0 fully saturated rings. The van der Waals surface area contributed by atoms with E-state index in [4.69, 9.17) is 0 Å². The van der Waals surface area contributed by atoms with E-state index in [-0.39, 0.29) is 0 Å². The van der Waals surface area contributed by atoms with Gasteiger partial charge in [-0.05, 0) is 48.4 Å². The maximum absolute atomic E-state index is 3.72. The molecule has 2 rings (SSSR count). The highest BCUT2D eigenvalue weighted by molar-refractivity contribution is 7.10. The van der Waals surface area contributed by atoms with Gasteiger partial charge in [0, 0.05) is 17.5 Å². The highest BCUT2D eigenvalue weighted by Crippen LogP contribution is 2.24. The monoisotopic (exact) mass is 273 g/mol. The zero-order valence-corrected chi connectivity index (χ0v) is 12.9. The number of rotatable bonds is 6. The summed E-state index contributed by atoms with van der Waals surface area (Å²) in [5.74, 6) is 0. The van der Waals surface area contributed by atoms with E-state index in [0.717, 1.165) is 6.54 Å². The molecule has 1 aromatic heterocycles. The van der Waals surface area contributed by atoms with Gasteiger partial charge in [-0.1, -0.05) is 37.6 Å². The third-order valence-electron chi connectivity index (χ3n) is 3.72. The molecule has 0 amide bonds. The minimum absolute atomic E-state index is 0.491. The predicted molar refractivity (Wildman–Crippen MR) is 84.7 cm³/mol. The Labute approximate surface area is 120 Å². The molecule has 1 atom stereocenters. The highest BCUT2D eigenvalue weighted by Gasteiger charge is 2.11. The van der Waals surface area contributed by atoms with Gasteiger partial charge in [0.25, 0.3) is 0 Å². The van der Waals surface area contributed by atoms with E-state index in [0.29, 0.717) is 6.04 Å². The Balaban J connectivity index is 2.05. The van der Waals surface area contributed by atoms with Gasteiger partial charge in [0.2, 0.25) is 0 Å². The summed E-state index contributed by atoms with van der Waals surface area (Å²) in [7, 11) is 0. The van der Waals surface area contributed by atoms with Crippen molar-refractivity contribution in [1.29, 1.82) is 0 Å². The van der Waals surface area contributed by atoms with Crippen molar-refractivity contribution in [3.63, 3.8) is 0 Å². The number of thiophene rings is 1. The summed E-state index contributed by atoms with van der Waals surface area (Å²) in [5, 5.41) is 5.88. The minimum atomic E-state index is 0.491. The van der Waals surface area contributed by atoms with Crippen LogP contribution in [0.2, 0.25) is 0 Å². The van der Waals surface area contributed by atoms with E-state index in [1.54, 1.807) is 0 Å². The first kappa shape index (κ1) is 14.3. The Morgan fingerprint density at radius 3 is 2.68 bits per heavy atom. The van der Waals surface area contributed by atoms with Gasteiger partial charge in [-0.15, -0.1) is 11.3 Å². The standard InChI is InChI=1S/C17H23NS/c1-4-7-16(17-10-6-11-19-17)18-12-15-9-5-8-13(2)14(15)3/h5-6,8-11,16,18H,4,7,12H2,1-3H3. The zero-order valence-electron chi connectivity index (χ0n) is 12.1. The van der Waals surface area contributed by atoms with Crippen molar-refractivity contribution in [3.8, 4) is 0 Å². The molecule has 0 spiro atoms. The number of aryl methyl sites for hydroxylation is 1. The second kappa shape index (κ2) is 6.88. The number of benzene rings is 1. The summed E-state index contributed by atoms with van der Waals surface area (Å²) >= 11 is 1.85. The zero-order chi connectivity index (χ0) is 13.7. The van der Waals surface area contributed by atoms with Crippen LogP contribution in [0, 0.1) is 13.8 Å². The molecule has 0 saturated carbocycles. The summed E-state index contributed by atoms with van der Waals surface area (Å²) in [5.41, 5.74) is 4.21. The summed E-state index contributed by atoms with van der Waals surface area (Å²) in [4.78, 5) is 1.45. The molecular weight excluding hydrogens is 250 g/mol. The maximum Gasteiger partial charge on any atom is 0.0417 e. The van der Waals surface area contributed by atoms with Crippen molar-refractivity contribution >= 4 is 11.3 Å². The van der Waals surface area contributed by atoms with E-state index < -0.39 is 0 Å². The lowest BCUT2D eigenvalue weighted by Crippen LogP contribution is -2.20. The van der Waals surface area contributed by atoms with Gasteiger partial charge in [0.15, 0.2) is 0 Å². The van der Waals surface area contributed by atoms with Crippen molar-refractivity contribution in [1.82, 2.24) is 5.32 Å². The van der Waals surface area contributed by atoms with Crippen molar-refractivity contribution in [2.75, 3.05) is 0 Å². The van der Waals surface area contributed by atoms with Crippen LogP contribution in [0.5, 0.6) is 0 Å². The third kappa shape index (κ3) is 3.68. The predicted octanol–water partition coefficient (Wildman–Crippen LogP) is 5.00. The molecule has 1 heterocycles. The van der Waals surface area contributed by atoms with Crippen molar-refractivity contribution < 1.29 is 0 Å². The average Bonchev–Trinajstić information content (AvgIpc) is 2.93. The highest BCUT2D eigenvalue weighted by atomic mass is 32.1. The third-order valence-corrected chi connectivity index (χ3v) is 4.71. The van der Waals surface area contributed by atoms with E-state index in [9.17, 15) is 0 Å². The van der Waals surface area contributed by atoms with Crippen LogP contribution in [-0.4, -0.2) is 0 Å². The lowest BCUT2D eigenvalue weighted by atomic mass is 10.0. The quantitative estimate of drug-likeness (QED) is 0.781. The van der Waals surface area contributed by atoms with Crippen LogP contribution < -0.4 is 5.32 Å². The summed E-state index contributed by atoms with van der Waals surface area (Å²) in [6, 6.07) is 11.4. The van der Waals surface area contributed by atoms with Crippen molar-refractivity contribution in [2.45, 2.75) is 46.2 Å². The summed E-state index contributed by atoms with van der Waals surface area (Å²) < 4.78 is 0. The lowest BCUT2D eigenvalue weighted by Gasteiger charge is -2.18. The van der Waals surface area contributed by atoms with Crippen LogP contribution in [-0.2, 0) is 6.54 Å². The second-order valence-electron chi connectivity index (χ2n) is 5.10. The molecule has 0 aliphatic heterocycles. The van der Waals surface area contributed by atoms with E-state index in [1.807, 2.05) is 11.3 Å². The van der Waals surface area contributed by atoms with E-state index in [1.165, 1.54) is 34.4 Å². The molecule has 0 radical (unpaired) electrons. The molecule has 0 saturated heterocycles. The van der Waals surface area contributed by atoms with Gasteiger partial charge in [-0.3, -0.25) is 0 Å². The first-order valence-electron chi connectivity index (χ1n) is 7.04. The second-order valence-corrected chi connectivity index (χ2v) is 6.08. The Morgan fingerprint density at radius 1 is 1.16 bits per heavy atom. The van der Waals surface area contributed by atoms with E-state index in [2.05, 4.69) is 61.8 Å². The first-order chi connectivity index (χ1) is 9.22. The number of hydrogen-bond acceptors (Lipinski definition) is 2. The molecule has 19 heavy (non-hydrogen) atoms. The molecular formula is C17H23NS. The van der Waals surface area contributed by atoms with Crippen LogP contribution in [0.3, 0.4) is 0 Å². The molecule has 0 aliphatic carbocycles. The topological polar surface area (TPSA) is 12.0 Å². The average molecular weight is 273 g/mol. The molecule has 0 aliphatic rings. The van der Waals surface area contributed by atoms with Crippen LogP contribution in [0.4, 0.5) is 0 Å². The van der Waals surface area contributed by atoms with Gasteiger partial charge in [0.05, 0.1) is 0 Å². The maximum atomic E-state index is 3.72. The number of hydrogen-bond donors (Lipinski definition) is 1. The fourth-order valence-electron chi connectivity index (χ4n) is 2.36. The van der Waals surface area contributed by atoms with Gasteiger partial charge < -0.3 is 5.32 Å². The number of nitrogens with one attached hydrogen (secondary N) is 1. The molecule has 1 N–H and O–H groups in total. The molecule has 2 heteroatoms. The van der Waals surface area contributed by atoms with Gasteiger partial charge >= 0.3 is 0 Å². The van der Waals surface area contributed by atoms with Crippen LogP contribution in [0.25, 0.3) is 0 Å². The Hall–Kier alpha value is -1.12. The fraction of sp³-hybridized carbons (Fsp3) is 0.412. The fourth-order valence-corrected chi connectivity index (χ4v) is 3.20. The summed E-state index contributed by atoms with van der Waals surface area (Å²) in [6.45, 7) is 7.60. The van der Waals surface area contributed by atoms with Gasteiger partial charge in [-0.25, -0.2) is 0 Å². The van der Waals surface area contributed by atoms with Gasteiger partial charge in [-0.2, -0.15) is 0 Å². The molecule has 1 aromatic carbocycles. The summed E-state index contributed by atoms with van der Waals surface area (Å²) in [6.07, 6.45) is 2.41. The Bertz CT molecular complexity index is 502. The van der Waals surface area contributed by atoms with Crippen LogP contribution in [0.1, 0.15) is 47.4 Å². The van der Waals surface area contributed by atoms with Crippen molar-refractivity contribution in [3.05, 3.63) is 57.3 Å². The van der Waals surface area contributed by atoms with Crippen LogP contribution >= 0.6 is 11.3 Å². The SMILES string of the molecule is CCCC(NCc1cccc(C)c1C)c1cccs1. The first-order valence-corrected chi connectivity index (χ1v) is 7.92. The normalized spacial score (nSPS) is 12.6. The molecule has 1 nitrogen and oxygen atoms in total. The molecule has 2 aromatic rings. The largest absolute Gasteiger partial charge is 0.305 e. The minimum Gasteiger partial charge on any atom is -0.305 e. The Kier molecular flexibility index (Phi) is 5.17. The smallest absolute Gasteiger partial charge is 0.0417 e.